The van der Waals surface area contributed by atoms with Crippen LogP contribution in [-0.4, -0.2) is 82.3 Å². The van der Waals surface area contributed by atoms with Crippen LogP contribution in [-0.2, 0) is 33.3 Å². The summed E-state index contributed by atoms with van der Waals surface area (Å²) in [4.78, 5) is 37.3. The molecule has 0 saturated heterocycles. The van der Waals surface area contributed by atoms with E-state index >= 15 is 0 Å². The van der Waals surface area contributed by atoms with Crippen molar-refractivity contribution < 1.29 is 42.9 Å². The predicted octanol–water partition coefficient (Wildman–Crippen LogP) is 15.8. The van der Waals surface area contributed by atoms with Crippen LogP contribution in [0.3, 0.4) is 0 Å². The first-order valence-corrected chi connectivity index (χ1v) is 29.5. The smallest absolute Gasteiger partial charge is 0.306 e. The van der Waals surface area contributed by atoms with E-state index in [1.165, 1.54) is 212 Å². The molecule has 69 heavy (non-hydrogen) atoms. The van der Waals surface area contributed by atoms with Gasteiger partial charge in [0, 0.05) is 12.8 Å². The first-order chi connectivity index (χ1) is 33.6. The number of hydrogen-bond acceptors (Lipinski definition) is 8. The van der Waals surface area contributed by atoms with E-state index in [9.17, 15) is 19.5 Å². The molecule has 0 heterocycles. The Morgan fingerprint density at radius 2 is 0.783 bits per heavy atom. The summed E-state index contributed by atoms with van der Waals surface area (Å²) in [5.41, 5.74) is 0. The van der Waals surface area contributed by atoms with E-state index in [1.807, 2.05) is 21.1 Å². The topological polar surface area (TPSA) is 111 Å². The number of rotatable bonds is 55. The summed E-state index contributed by atoms with van der Waals surface area (Å²) in [7, 11) is 5.93. The molecular formula is C60H113NO8. The Morgan fingerprint density at radius 3 is 1.14 bits per heavy atom. The van der Waals surface area contributed by atoms with Crippen LogP contribution in [0.4, 0.5) is 0 Å². The molecule has 2 unspecified atom stereocenters. The SMILES string of the molecule is CCCCCCC/C=C\C/C=C\CCCCCCCCCCCCCCCC(=O)OC(COC(=O)CCCCCCCCCCCCCCCCCCCCC)COC(OCC[N+](C)(C)C)C(=O)[O-]. The van der Waals surface area contributed by atoms with Crippen LogP contribution in [0.2, 0.25) is 0 Å². The van der Waals surface area contributed by atoms with Crippen LogP contribution in [0.25, 0.3) is 0 Å². The van der Waals surface area contributed by atoms with Gasteiger partial charge in [-0.1, -0.05) is 250 Å². The van der Waals surface area contributed by atoms with Gasteiger partial charge in [0.25, 0.3) is 0 Å². The number of nitrogens with zero attached hydrogens (tertiary/aromatic N) is 1. The number of aliphatic carboxylic acids is 1. The lowest BCUT2D eigenvalue weighted by molar-refractivity contribution is -0.870. The number of carboxylic acids is 1. The summed E-state index contributed by atoms with van der Waals surface area (Å²) >= 11 is 0. The minimum Gasteiger partial charge on any atom is -0.545 e. The quantitative estimate of drug-likeness (QED) is 0.0195. The van der Waals surface area contributed by atoms with Crippen molar-refractivity contribution in [2.24, 2.45) is 0 Å². The van der Waals surface area contributed by atoms with Gasteiger partial charge in [-0.05, 0) is 44.9 Å². The molecule has 9 nitrogen and oxygen atoms in total. The Balaban J connectivity index is 4.20. The van der Waals surface area contributed by atoms with Gasteiger partial charge in [-0.25, -0.2) is 0 Å². The van der Waals surface area contributed by atoms with Crippen molar-refractivity contribution in [3.05, 3.63) is 24.3 Å². The van der Waals surface area contributed by atoms with Crippen LogP contribution in [0.1, 0.15) is 284 Å². The zero-order valence-corrected chi connectivity index (χ0v) is 46.2. The van der Waals surface area contributed by atoms with Crippen LogP contribution < -0.4 is 5.11 Å². The zero-order valence-electron chi connectivity index (χ0n) is 46.2. The molecule has 0 fully saturated rings. The highest BCUT2D eigenvalue weighted by Gasteiger charge is 2.22. The first kappa shape index (κ1) is 66.8. The second kappa shape index (κ2) is 52.1. The summed E-state index contributed by atoms with van der Waals surface area (Å²) in [5.74, 6) is -2.26. The summed E-state index contributed by atoms with van der Waals surface area (Å²) in [6.07, 6.45) is 57.9. The average molecular weight is 977 g/mol. The van der Waals surface area contributed by atoms with Crippen molar-refractivity contribution in [3.8, 4) is 0 Å². The van der Waals surface area contributed by atoms with Crippen molar-refractivity contribution in [1.82, 2.24) is 0 Å². The van der Waals surface area contributed by atoms with E-state index in [-0.39, 0.29) is 32.2 Å². The van der Waals surface area contributed by atoms with Crippen LogP contribution in [0.5, 0.6) is 0 Å². The maximum absolute atomic E-state index is 12.9. The molecule has 0 aromatic carbocycles. The Kier molecular flexibility index (Phi) is 50.4. The molecule has 0 N–H and O–H groups in total. The van der Waals surface area contributed by atoms with Gasteiger partial charge < -0.3 is 33.3 Å². The molecule has 0 radical (unpaired) electrons. The fraction of sp³-hybridized carbons (Fsp3) is 0.883. The number of esters is 2. The Hall–Kier alpha value is -2.23. The first-order valence-electron chi connectivity index (χ1n) is 29.5. The number of ether oxygens (including phenoxy) is 4. The normalized spacial score (nSPS) is 12.9. The van der Waals surface area contributed by atoms with E-state index < -0.39 is 24.3 Å². The van der Waals surface area contributed by atoms with E-state index in [1.54, 1.807) is 0 Å². The highest BCUT2D eigenvalue weighted by Crippen LogP contribution is 2.17. The maximum atomic E-state index is 12.9. The number of unbranched alkanes of at least 4 members (excludes halogenated alkanes) is 36. The second-order valence-electron chi connectivity index (χ2n) is 21.3. The third-order valence-corrected chi connectivity index (χ3v) is 13.2. The second-order valence-corrected chi connectivity index (χ2v) is 21.3. The van der Waals surface area contributed by atoms with Gasteiger partial charge in [-0.3, -0.25) is 9.59 Å². The standard InChI is InChI=1S/C60H113NO8/c1-6-8-10-12-14-16-18-20-22-24-26-27-28-29-30-31-33-35-37-39-41-43-45-47-49-51-58(63)69-56(55-68-60(59(64)65)66-53-52-61(3,4)5)54-67-57(62)50-48-46-44-42-40-38-36-34-32-25-23-21-19-17-15-13-11-9-7-2/h18,20,24,26,56,60H,6-17,19,21-23,25,27-55H2,1-5H3/b20-18-,26-24-. The lowest BCUT2D eigenvalue weighted by Crippen LogP contribution is -2.44. The molecule has 0 saturated carbocycles. The van der Waals surface area contributed by atoms with Crippen molar-refractivity contribution in [3.63, 3.8) is 0 Å². The molecule has 406 valence electrons. The molecule has 0 rings (SSSR count). The average Bonchev–Trinajstić information content (AvgIpc) is 3.31. The number of likely N-dealkylation sites (N-methyl/N-ethyl adjacent to an activating group) is 1. The lowest BCUT2D eigenvalue weighted by Gasteiger charge is -2.26. The van der Waals surface area contributed by atoms with Gasteiger partial charge in [-0.2, -0.15) is 0 Å². The van der Waals surface area contributed by atoms with Gasteiger partial charge in [-0.15, -0.1) is 0 Å². The molecule has 0 aliphatic rings. The molecule has 0 aromatic rings. The zero-order chi connectivity index (χ0) is 50.6. The van der Waals surface area contributed by atoms with Gasteiger partial charge in [0.15, 0.2) is 12.4 Å². The summed E-state index contributed by atoms with van der Waals surface area (Å²) in [6.45, 7) is 4.79. The number of carbonyl (C=O) groups is 3. The maximum Gasteiger partial charge on any atom is 0.306 e. The summed E-state index contributed by atoms with van der Waals surface area (Å²) in [5, 5.41) is 11.8. The van der Waals surface area contributed by atoms with Crippen molar-refractivity contribution in [2.75, 3.05) is 47.5 Å². The highest BCUT2D eigenvalue weighted by molar-refractivity contribution is 5.70. The van der Waals surface area contributed by atoms with Crippen LogP contribution >= 0.6 is 0 Å². The Morgan fingerprint density at radius 1 is 0.435 bits per heavy atom. The third kappa shape index (κ3) is 53.4. The van der Waals surface area contributed by atoms with E-state index in [0.717, 1.165) is 38.5 Å². The Bertz CT molecular complexity index is 1180. The fourth-order valence-corrected chi connectivity index (χ4v) is 8.63. The van der Waals surface area contributed by atoms with Crippen LogP contribution in [0, 0.1) is 0 Å². The van der Waals surface area contributed by atoms with E-state index in [0.29, 0.717) is 23.9 Å². The molecule has 0 aliphatic heterocycles. The van der Waals surface area contributed by atoms with Gasteiger partial charge in [0.2, 0.25) is 0 Å². The summed E-state index contributed by atoms with van der Waals surface area (Å²) < 4.78 is 22.7. The minimum atomic E-state index is -1.62. The number of hydrogen-bond donors (Lipinski definition) is 0. The molecule has 0 amide bonds. The molecule has 0 aromatic heterocycles. The van der Waals surface area contributed by atoms with E-state index in [2.05, 4.69) is 38.2 Å². The number of carbonyl (C=O) groups excluding carboxylic acids is 3. The number of quaternary nitrogens is 1. The third-order valence-electron chi connectivity index (χ3n) is 13.2. The number of allylic oxidation sites excluding steroid dienone is 4. The summed E-state index contributed by atoms with van der Waals surface area (Å²) in [6, 6.07) is 0. The monoisotopic (exact) mass is 976 g/mol. The van der Waals surface area contributed by atoms with Gasteiger partial charge in [0.1, 0.15) is 13.2 Å². The molecular weight excluding hydrogens is 863 g/mol. The predicted molar refractivity (Wildman–Crippen MR) is 288 cm³/mol. The van der Waals surface area contributed by atoms with Crippen LogP contribution in [0.15, 0.2) is 24.3 Å². The molecule has 2 atom stereocenters. The Labute approximate surface area is 427 Å². The van der Waals surface area contributed by atoms with Crippen molar-refractivity contribution >= 4 is 17.9 Å². The number of carboxylic acid groups (broad SMARTS) is 1. The van der Waals surface area contributed by atoms with E-state index in [4.69, 9.17) is 18.9 Å². The molecule has 0 aliphatic carbocycles. The largest absolute Gasteiger partial charge is 0.545 e. The molecule has 9 heteroatoms. The fourth-order valence-electron chi connectivity index (χ4n) is 8.63. The minimum absolute atomic E-state index is 0.150. The van der Waals surface area contributed by atoms with Gasteiger partial charge in [0.05, 0.1) is 40.3 Å². The van der Waals surface area contributed by atoms with Gasteiger partial charge >= 0.3 is 11.9 Å². The molecule has 0 spiro atoms. The lowest BCUT2D eigenvalue weighted by atomic mass is 10.0. The molecule has 0 bridgehead atoms. The van der Waals surface area contributed by atoms with Crippen molar-refractivity contribution in [2.45, 2.75) is 296 Å². The highest BCUT2D eigenvalue weighted by atomic mass is 16.7. The van der Waals surface area contributed by atoms with Crippen molar-refractivity contribution in [1.29, 1.82) is 0 Å².